The van der Waals surface area contributed by atoms with Crippen LogP contribution in [0.2, 0.25) is 0 Å². The molecule has 14 heavy (non-hydrogen) atoms. The summed E-state index contributed by atoms with van der Waals surface area (Å²) in [4.78, 5) is 2.50. The van der Waals surface area contributed by atoms with E-state index in [1.54, 1.807) is 0 Å². The number of hydrogen-bond acceptors (Lipinski definition) is 3. The van der Waals surface area contributed by atoms with E-state index in [1.807, 2.05) is 0 Å². The van der Waals surface area contributed by atoms with Crippen molar-refractivity contribution in [3.8, 4) is 0 Å². The molecule has 2 aliphatic heterocycles. The lowest BCUT2D eigenvalue weighted by Crippen LogP contribution is -2.36. The van der Waals surface area contributed by atoms with Crippen LogP contribution in [-0.4, -0.2) is 43.4 Å². The van der Waals surface area contributed by atoms with Gasteiger partial charge in [0.1, 0.15) is 6.23 Å². The van der Waals surface area contributed by atoms with Gasteiger partial charge < -0.3 is 9.64 Å². The topological polar surface area (TPSA) is 24.5 Å². The average Bonchev–Trinajstić information content (AvgIpc) is 2.71. The summed E-state index contributed by atoms with van der Waals surface area (Å²) in [6, 6.07) is 0.542. The molecule has 0 spiro atoms. The highest BCUT2D eigenvalue weighted by atomic mass is 35.5. The first-order valence-electron chi connectivity index (χ1n) is 5.39. The summed E-state index contributed by atoms with van der Waals surface area (Å²) in [6.07, 6.45) is 1.62. The van der Waals surface area contributed by atoms with Gasteiger partial charge in [0.15, 0.2) is 0 Å². The van der Waals surface area contributed by atoms with E-state index >= 15 is 0 Å². The minimum Gasteiger partial charge on any atom is -0.361 e. The van der Waals surface area contributed by atoms with Gasteiger partial charge in [-0.05, 0) is 26.4 Å². The molecule has 84 valence electrons. The zero-order valence-electron chi connectivity index (χ0n) is 9.03. The lowest BCUT2D eigenvalue weighted by atomic mass is 10.1. The van der Waals surface area contributed by atoms with Gasteiger partial charge in [-0.15, -0.1) is 12.4 Å². The van der Waals surface area contributed by atoms with Crippen molar-refractivity contribution in [2.45, 2.75) is 32.5 Å². The third-order valence-corrected chi connectivity index (χ3v) is 3.16. The first-order chi connectivity index (χ1) is 6.29. The van der Waals surface area contributed by atoms with E-state index in [0.29, 0.717) is 18.2 Å². The summed E-state index contributed by atoms with van der Waals surface area (Å²) in [6.45, 7) is 8.94. The van der Waals surface area contributed by atoms with Crippen LogP contribution in [0.3, 0.4) is 0 Å². The Kier molecular flexibility index (Phi) is 4.64. The Morgan fingerprint density at radius 2 is 2.29 bits per heavy atom. The van der Waals surface area contributed by atoms with Crippen molar-refractivity contribution in [2.24, 2.45) is 5.92 Å². The third kappa shape index (κ3) is 2.60. The second-order valence-corrected chi connectivity index (χ2v) is 4.26. The molecule has 1 N–H and O–H groups in total. The Hall–Kier alpha value is 0.170. The zero-order valence-corrected chi connectivity index (χ0v) is 9.85. The van der Waals surface area contributed by atoms with Crippen molar-refractivity contribution in [1.82, 2.24) is 10.2 Å². The van der Waals surface area contributed by atoms with Crippen LogP contribution in [0.15, 0.2) is 0 Å². The van der Waals surface area contributed by atoms with Crippen LogP contribution < -0.4 is 5.32 Å². The lowest BCUT2D eigenvalue weighted by molar-refractivity contribution is 0.0547. The first kappa shape index (κ1) is 12.2. The van der Waals surface area contributed by atoms with Crippen molar-refractivity contribution in [3.05, 3.63) is 0 Å². The molecule has 0 bridgehead atoms. The van der Waals surface area contributed by atoms with Gasteiger partial charge in [0.2, 0.25) is 0 Å². The molecule has 0 aromatic rings. The fourth-order valence-corrected chi connectivity index (χ4v) is 2.29. The summed E-state index contributed by atoms with van der Waals surface area (Å²) in [5, 5.41) is 3.49. The largest absolute Gasteiger partial charge is 0.361 e. The fourth-order valence-electron chi connectivity index (χ4n) is 2.29. The summed E-state index contributed by atoms with van der Waals surface area (Å²) in [7, 11) is 0. The highest BCUT2D eigenvalue weighted by molar-refractivity contribution is 5.85. The molecule has 3 nitrogen and oxygen atoms in total. The van der Waals surface area contributed by atoms with E-state index in [9.17, 15) is 0 Å². The first-order valence-corrected chi connectivity index (χ1v) is 5.39. The van der Waals surface area contributed by atoms with Crippen molar-refractivity contribution >= 4 is 12.4 Å². The highest BCUT2D eigenvalue weighted by Crippen LogP contribution is 2.22. The molecule has 0 saturated carbocycles. The van der Waals surface area contributed by atoms with Crippen LogP contribution in [0.5, 0.6) is 0 Å². The van der Waals surface area contributed by atoms with Gasteiger partial charge in [-0.3, -0.25) is 5.32 Å². The van der Waals surface area contributed by atoms with Crippen molar-refractivity contribution in [3.63, 3.8) is 0 Å². The van der Waals surface area contributed by atoms with Gasteiger partial charge in [-0.1, -0.05) is 6.92 Å². The number of rotatable bonds is 2. The van der Waals surface area contributed by atoms with E-state index in [0.717, 1.165) is 6.61 Å². The average molecular weight is 221 g/mol. The molecule has 0 aromatic carbocycles. The van der Waals surface area contributed by atoms with Crippen LogP contribution in [0.1, 0.15) is 20.3 Å². The number of likely N-dealkylation sites (tertiary alicyclic amines) is 1. The third-order valence-electron chi connectivity index (χ3n) is 3.16. The maximum absolute atomic E-state index is 5.70. The molecule has 0 radical (unpaired) electrons. The number of halogens is 1. The monoisotopic (exact) mass is 220 g/mol. The van der Waals surface area contributed by atoms with Crippen molar-refractivity contribution < 1.29 is 4.74 Å². The Morgan fingerprint density at radius 1 is 1.50 bits per heavy atom. The van der Waals surface area contributed by atoms with E-state index in [4.69, 9.17) is 4.74 Å². The van der Waals surface area contributed by atoms with Gasteiger partial charge in [0, 0.05) is 18.5 Å². The SMILES string of the molecule is CCN1CCC(C2NC(C)CO2)C1.Cl. The summed E-state index contributed by atoms with van der Waals surface area (Å²) in [5.41, 5.74) is 0. The molecule has 2 heterocycles. The summed E-state index contributed by atoms with van der Waals surface area (Å²) < 4.78 is 5.70. The van der Waals surface area contributed by atoms with Gasteiger partial charge in [0.05, 0.1) is 6.61 Å². The fraction of sp³-hybridized carbons (Fsp3) is 1.00. The quantitative estimate of drug-likeness (QED) is 0.754. The Balaban J connectivity index is 0.000000980. The molecule has 3 unspecified atom stereocenters. The van der Waals surface area contributed by atoms with E-state index in [1.165, 1.54) is 26.1 Å². The Labute approximate surface area is 92.6 Å². The van der Waals surface area contributed by atoms with Crippen LogP contribution in [-0.2, 0) is 4.74 Å². The smallest absolute Gasteiger partial charge is 0.112 e. The molecule has 0 aliphatic carbocycles. The molecular weight excluding hydrogens is 200 g/mol. The minimum absolute atomic E-state index is 0. The lowest BCUT2D eigenvalue weighted by Gasteiger charge is -2.18. The van der Waals surface area contributed by atoms with Crippen molar-refractivity contribution in [1.29, 1.82) is 0 Å². The van der Waals surface area contributed by atoms with Crippen LogP contribution in [0, 0.1) is 5.92 Å². The van der Waals surface area contributed by atoms with Gasteiger partial charge in [-0.2, -0.15) is 0 Å². The second-order valence-electron chi connectivity index (χ2n) is 4.26. The number of nitrogens with zero attached hydrogens (tertiary/aromatic N) is 1. The van der Waals surface area contributed by atoms with Gasteiger partial charge in [-0.25, -0.2) is 0 Å². The molecule has 0 amide bonds. The molecule has 2 fully saturated rings. The predicted molar refractivity (Wildman–Crippen MR) is 59.8 cm³/mol. The van der Waals surface area contributed by atoms with Gasteiger partial charge >= 0.3 is 0 Å². The second kappa shape index (κ2) is 5.31. The van der Waals surface area contributed by atoms with E-state index in [2.05, 4.69) is 24.1 Å². The molecule has 2 rings (SSSR count). The van der Waals surface area contributed by atoms with Crippen LogP contribution in [0.4, 0.5) is 0 Å². The molecular formula is C10H21ClN2O. The molecule has 3 atom stereocenters. The molecule has 4 heteroatoms. The van der Waals surface area contributed by atoms with Gasteiger partial charge in [0.25, 0.3) is 0 Å². The van der Waals surface area contributed by atoms with Crippen LogP contribution >= 0.6 is 12.4 Å². The number of ether oxygens (including phenoxy) is 1. The minimum atomic E-state index is 0. The maximum atomic E-state index is 5.70. The maximum Gasteiger partial charge on any atom is 0.112 e. The van der Waals surface area contributed by atoms with Crippen molar-refractivity contribution in [2.75, 3.05) is 26.2 Å². The normalized spacial score (nSPS) is 38.6. The zero-order chi connectivity index (χ0) is 9.26. The van der Waals surface area contributed by atoms with E-state index in [-0.39, 0.29) is 12.4 Å². The van der Waals surface area contributed by atoms with E-state index < -0.39 is 0 Å². The molecule has 2 aliphatic rings. The summed E-state index contributed by atoms with van der Waals surface area (Å²) >= 11 is 0. The predicted octanol–water partition coefficient (Wildman–Crippen LogP) is 1.08. The molecule has 2 saturated heterocycles. The highest BCUT2D eigenvalue weighted by Gasteiger charge is 2.33. The summed E-state index contributed by atoms with van der Waals surface area (Å²) in [5.74, 6) is 0.713. The number of hydrogen-bond donors (Lipinski definition) is 1. The Morgan fingerprint density at radius 3 is 2.79 bits per heavy atom. The standard InChI is InChI=1S/C10H20N2O.ClH/c1-3-12-5-4-9(6-12)10-11-8(2)7-13-10;/h8-11H,3-7H2,1-2H3;1H. The van der Waals surface area contributed by atoms with Crippen LogP contribution in [0.25, 0.3) is 0 Å². The number of nitrogens with one attached hydrogen (secondary N) is 1. The Bertz CT molecular complexity index is 180. The molecule has 0 aromatic heterocycles.